The highest BCUT2D eigenvalue weighted by Gasteiger charge is 2.24. The molecule has 1 aromatic carbocycles. The highest BCUT2D eigenvalue weighted by Crippen LogP contribution is 2.28. The van der Waals surface area contributed by atoms with Gasteiger partial charge in [0.05, 0.1) is 16.6 Å². The maximum atomic E-state index is 4.75. The molecule has 1 fully saturated rings. The van der Waals surface area contributed by atoms with Crippen LogP contribution >= 0.6 is 0 Å². The fourth-order valence-electron chi connectivity index (χ4n) is 4.07. The quantitative estimate of drug-likeness (QED) is 0.594. The Morgan fingerprint density at radius 2 is 2.04 bits per heavy atom. The van der Waals surface area contributed by atoms with Crippen LogP contribution < -0.4 is 4.90 Å². The van der Waals surface area contributed by atoms with Gasteiger partial charge in [0.1, 0.15) is 17.2 Å². The molecule has 0 radical (unpaired) electrons. The van der Waals surface area contributed by atoms with Gasteiger partial charge in [0.25, 0.3) is 0 Å². The van der Waals surface area contributed by atoms with Crippen molar-refractivity contribution < 1.29 is 0 Å². The highest BCUT2D eigenvalue weighted by molar-refractivity contribution is 5.86. The molecule has 5 rings (SSSR count). The van der Waals surface area contributed by atoms with Crippen molar-refractivity contribution >= 4 is 27.9 Å². The van der Waals surface area contributed by atoms with Crippen LogP contribution in [0.25, 0.3) is 22.1 Å². The second kappa shape index (κ2) is 6.12. The Labute approximate surface area is 151 Å². The normalized spacial score (nSPS) is 18.0. The van der Waals surface area contributed by atoms with Crippen LogP contribution in [0.15, 0.2) is 36.5 Å². The first-order valence-electron chi connectivity index (χ1n) is 9.26. The molecule has 0 saturated carbocycles. The van der Waals surface area contributed by atoms with Crippen LogP contribution in [0.1, 0.15) is 24.5 Å². The number of fused-ring (bicyclic) bond motifs is 2. The molecule has 26 heavy (non-hydrogen) atoms. The van der Waals surface area contributed by atoms with Gasteiger partial charge in [0.15, 0.2) is 5.82 Å². The topological polar surface area (TPSA) is 73.5 Å². The fraction of sp³-hybridized carbons (Fsp3) is 0.350. The van der Waals surface area contributed by atoms with E-state index in [4.69, 9.17) is 9.97 Å². The fourth-order valence-corrected chi connectivity index (χ4v) is 4.07. The number of piperidine rings is 1. The van der Waals surface area contributed by atoms with E-state index in [9.17, 15) is 0 Å². The Kier molecular flexibility index (Phi) is 3.62. The van der Waals surface area contributed by atoms with Crippen molar-refractivity contribution in [2.75, 3.05) is 18.0 Å². The number of hydrogen-bond donors (Lipinski definition) is 2. The summed E-state index contributed by atoms with van der Waals surface area (Å²) in [5, 5.41) is 0. The van der Waals surface area contributed by atoms with Gasteiger partial charge >= 0.3 is 0 Å². The van der Waals surface area contributed by atoms with Gasteiger partial charge in [0, 0.05) is 25.7 Å². The molecule has 0 spiro atoms. The average molecular weight is 346 g/mol. The van der Waals surface area contributed by atoms with Gasteiger partial charge in [-0.25, -0.2) is 15.0 Å². The minimum absolute atomic E-state index is 0.574. The zero-order valence-corrected chi connectivity index (χ0v) is 14.9. The molecule has 2 N–H and O–H groups in total. The van der Waals surface area contributed by atoms with E-state index in [-0.39, 0.29) is 0 Å². The number of H-pyrrole nitrogens is 2. The molecule has 132 valence electrons. The number of aromatic amines is 2. The van der Waals surface area contributed by atoms with Crippen LogP contribution in [0.4, 0.5) is 5.82 Å². The third-order valence-electron chi connectivity index (χ3n) is 5.24. The predicted molar refractivity (Wildman–Crippen MR) is 103 cm³/mol. The van der Waals surface area contributed by atoms with Crippen LogP contribution in [0.2, 0.25) is 0 Å². The van der Waals surface area contributed by atoms with E-state index >= 15 is 0 Å². The molecule has 0 bridgehead atoms. The molecule has 1 atom stereocenters. The van der Waals surface area contributed by atoms with Crippen molar-refractivity contribution in [1.82, 2.24) is 24.9 Å². The molecular weight excluding hydrogens is 324 g/mol. The molecule has 6 nitrogen and oxygen atoms in total. The van der Waals surface area contributed by atoms with Gasteiger partial charge in [-0.3, -0.25) is 0 Å². The summed E-state index contributed by atoms with van der Waals surface area (Å²) in [6, 6.07) is 10.3. The smallest absolute Gasteiger partial charge is 0.156 e. The van der Waals surface area contributed by atoms with E-state index in [1.165, 1.54) is 12.8 Å². The highest BCUT2D eigenvalue weighted by atomic mass is 15.2. The summed E-state index contributed by atoms with van der Waals surface area (Å²) in [5.74, 6) is 3.52. The number of nitrogens with one attached hydrogen (secondary N) is 2. The lowest BCUT2D eigenvalue weighted by atomic mass is 9.94. The van der Waals surface area contributed by atoms with E-state index in [0.717, 1.165) is 59.0 Å². The van der Waals surface area contributed by atoms with Crippen LogP contribution in [-0.2, 0) is 6.42 Å². The summed E-state index contributed by atoms with van der Waals surface area (Å²) in [6.45, 7) is 4.01. The van der Waals surface area contributed by atoms with Crippen LogP contribution in [-0.4, -0.2) is 38.0 Å². The van der Waals surface area contributed by atoms with Gasteiger partial charge in [-0.15, -0.1) is 0 Å². The zero-order valence-electron chi connectivity index (χ0n) is 14.9. The first kappa shape index (κ1) is 15.4. The number of imidazole rings is 1. The Balaban J connectivity index is 1.39. The standard InChI is InChI=1S/C20H22N6/c1-13-22-17-8-9-21-19(17)20(23-13)26-10-4-5-14(12-26)11-18-24-15-6-2-3-7-16(15)25-18/h2-3,6-9,14,21H,4-5,10-12H2,1H3,(H,24,25). The number of hydrogen-bond acceptors (Lipinski definition) is 4. The molecule has 1 saturated heterocycles. The van der Waals surface area contributed by atoms with Crippen molar-refractivity contribution in [2.45, 2.75) is 26.2 Å². The molecule has 3 aromatic heterocycles. The third-order valence-corrected chi connectivity index (χ3v) is 5.24. The van der Waals surface area contributed by atoms with Crippen LogP contribution in [0.5, 0.6) is 0 Å². The lowest BCUT2D eigenvalue weighted by molar-refractivity contribution is 0.406. The minimum Gasteiger partial charge on any atom is -0.357 e. The number of rotatable bonds is 3. The molecule has 1 aliphatic rings. The van der Waals surface area contributed by atoms with E-state index < -0.39 is 0 Å². The maximum Gasteiger partial charge on any atom is 0.156 e. The molecular formula is C20H22N6. The summed E-state index contributed by atoms with van der Waals surface area (Å²) < 4.78 is 0. The molecule has 0 amide bonds. The van der Waals surface area contributed by atoms with E-state index in [1.807, 2.05) is 31.3 Å². The predicted octanol–water partition coefficient (Wildman–Crippen LogP) is 3.60. The van der Waals surface area contributed by atoms with E-state index in [1.54, 1.807) is 0 Å². The van der Waals surface area contributed by atoms with Gasteiger partial charge in [0.2, 0.25) is 0 Å². The number of anilines is 1. The number of aryl methyl sites for hydroxylation is 1. The van der Waals surface area contributed by atoms with E-state index in [0.29, 0.717) is 5.92 Å². The Hall–Kier alpha value is -2.89. The molecule has 1 aliphatic heterocycles. The van der Waals surface area contributed by atoms with Gasteiger partial charge < -0.3 is 14.9 Å². The molecule has 4 aromatic rings. The van der Waals surface area contributed by atoms with Crippen molar-refractivity contribution in [2.24, 2.45) is 5.92 Å². The second-order valence-corrected chi connectivity index (χ2v) is 7.19. The van der Waals surface area contributed by atoms with Gasteiger partial charge in [-0.05, 0) is 43.9 Å². The van der Waals surface area contributed by atoms with E-state index in [2.05, 4.69) is 32.0 Å². The number of nitrogens with zero attached hydrogens (tertiary/aromatic N) is 4. The van der Waals surface area contributed by atoms with Crippen molar-refractivity contribution in [3.05, 3.63) is 48.2 Å². The summed E-state index contributed by atoms with van der Waals surface area (Å²) >= 11 is 0. The van der Waals surface area contributed by atoms with Crippen molar-refractivity contribution in [3.63, 3.8) is 0 Å². The third kappa shape index (κ3) is 2.71. The van der Waals surface area contributed by atoms with Gasteiger partial charge in [-0.1, -0.05) is 12.1 Å². The molecule has 4 heterocycles. The summed E-state index contributed by atoms with van der Waals surface area (Å²) in [4.78, 5) is 23.2. The Morgan fingerprint density at radius 1 is 1.12 bits per heavy atom. The Bertz CT molecular complexity index is 1030. The minimum atomic E-state index is 0.574. The SMILES string of the molecule is Cc1nc(N2CCCC(Cc3nc4ccccc4[nH]3)C2)c2[nH]ccc2n1. The largest absolute Gasteiger partial charge is 0.357 e. The van der Waals surface area contributed by atoms with Crippen LogP contribution in [0, 0.1) is 12.8 Å². The second-order valence-electron chi connectivity index (χ2n) is 7.19. The molecule has 6 heteroatoms. The summed E-state index contributed by atoms with van der Waals surface area (Å²) in [6.07, 6.45) is 5.32. The monoisotopic (exact) mass is 346 g/mol. The summed E-state index contributed by atoms with van der Waals surface area (Å²) in [5.41, 5.74) is 4.20. The van der Waals surface area contributed by atoms with Crippen molar-refractivity contribution in [1.29, 1.82) is 0 Å². The van der Waals surface area contributed by atoms with Crippen molar-refractivity contribution in [3.8, 4) is 0 Å². The zero-order chi connectivity index (χ0) is 17.5. The average Bonchev–Trinajstić information content (AvgIpc) is 3.27. The lowest BCUT2D eigenvalue weighted by Crippen LogP contribution is -2.37. The Morgan fingerprint density at radius 3 is 2.96 bits per heavy atom. The summed E-state index contributed by atoms with van der Waals surface area (Å²) in [7, 11) is 0. The van der Waals surface area contributed by atoms with Gasteiger partial charge in [-0.2, -0.15) is 0 Å². The first-order chi connectivity index (χ1) is 12.8. The number of para-hydroxylation sites is 2. The lowest BCUT2D eigenvalue weighted by Gasteiger charge is -2.33. The number of aromatic nitrogens is 5. The van der Waals surface area contributed by atoms with Crippen LogP contribution in [0.3, 0.4) is 0 Å². The molecule has 1 unspecified atom stereocenters. The molecule has 0 aliphatic carbocycles. The maximum absolute atomic E-state index is 4.75. The number of benzene rings is 1. The first-order valence-corrected chi connectivity index (χ1v) is 9.26.